The van der Waals surface area contributed by atoms with Crippen molar-refractivity contribution in [1.29, 1.82) is 0 Å². The van der Waals surface area contributed by atoms with Crippen LogP contribution in [0.4, 0.5) is 5.69 Å². The molecule has 3 aromatic carbocycles. The average Bonchev–Trinajstić information content (AvgIpc) is 2.83. The van der Waals surface area contributed by atoms with Crippen LogP contribution in [0.2, 0.25) is 0 Å². The molecule has 0 unspecified atom stereocenters. The molecule has 1 amide bonds. The van der Waals surface area contributed by atoms with E-state index in [9.17, 15) is 4.79 Å². The maximum atomic E-state index is 12.6. The standard InChI is InChI=1S/C26H30N2O4/c1-28(18-20-12-8-9-13-22(20)19-10-6-5-7-11-19)15-14-25(29)27-21-16-23(30-2)26(32-4)24(17-21)31-3/h5-13,16-17H,14-15,18H2,1-4H3,(H,27,29). The van der Waals surface area contributed by atoms with E-state index in [1.807, 2.05) is 31.3 Å². The van der Waals surface area contributed by atoms with E-state index < -0.39 is 0 Å². The first kappa shape index (κ1) is 23.2. The van der Waals surface area contributed by atoms with Crippen LogP contribution in [0.25, 0.3) is 11.1 Å². The van der Waals surface area contributed by atoms with Crippen LogP contribution in [0.15, 0.2) is 66.7 Å². The zero-order valence-electron chi connectivity index (χ0n) is 19.1. The summed E-state index contributed by atoms with van der Waals surface area (Å²) in [5, 5.41) is 2.92. The van der Waals surface area contributed by atoms with Gasteiger partial charge in [-0.2, -0.15) is 0 Å². The second kappa shape index (κ2) is 11.2. The summed E-state index contributed by atoms with van der Waals surface area (Å²) in [5.74, 6) is 1.40. The third-order valence-corrected chi connectivity index (χ3v) is 5.21. The molecule has 168 valence electrons. The Morgan fingerprint density at radius 1 is 0.875 bits per heavy atom. The number of hydrogen-bond acceptors (Lipinski definition) is 5. The van der Waals surface area contributed by atoms with Gasteiger partial charge in [0, 0.05) is 37.3 Å². The molecule has 0 radical (unpaired) electrons. The number of rotatable bonds is 10. The Hall–Kier alpha value is -3.51. The van der Waals surface area contributed by atoms with Crippen molar-refractivity contribution in [2.24, 2.45) is 0 Å². The van der Waals surface area contributed by atoms with Gasteiger partial charge in [0.15, 0.2) is 11.5 Å². The fraction of sp³-hybridized carbons (Fsp3) is 0.269. The van der Waals surface area contributed by atoms with E-state index in [0.29, 0.717) is 35.9 Å². The van der Waals surface area contributed by atoms with Crippen molar-refractivity contribution in [2.45, 2.75) is 13.0 Å². The monoisotopic (exact) mass is 434 g/mol. The predicted octanol–water partition coefficient (Wildman–Crippen LogP) is 4.84. The highest BCUT2D eigenvalue weighted by Crippen LogP contribution is 2.39. The van der Waals surface area contributed by atoms with Gasteiger partial charge in [-0.05, 0) is 23.7 Å². The molecule has 0 aliphatic heterocycles. The van der Waals surface area contributed by atoms with Gasteiger partial charge in [0.05, 0.1) is 21.3 Å². The summed E-state index contributed by atoms with van der Waals surface area (Å²) in [6, 6.07) is 22.1. The average molecular weight is 435 g/mol. The van der Waals surface area contributed by atoms with E-state index in [-0.39, 0.29) is 5.91 Å². The van der Waals surface area contributed by atoms with Gasteiger partial charge in [0.25, 0.3) is 0 Å². The molecule has 0 aliphatic carbocycles. The fourth-order valence-corrected chi connectivity index (χ4v) is 3.60. The third-order valence-electron chi connectivity index (χ3n) is 5.21. The molecule has 0 aromatic heterocycles. The van der Waals surface area contributed by atoms with Crippen molar-refractivity contribution in [1.82, 2.24) is 4.90 Å². The molecular weight excluding hydrogens is 404 g/mol. The van der Waals surface area contributed by atoms with Crippen molar-refractivity contribution in [3.05, 3.63) is 72.3 Å². The molecule has 3 aromatic rings. The molecule has 6 nitrogen and oxygen atoms in total. The van der Waals surface area contributed by atoms with Crippen LogP contribution in [0.3, 0.4) is 0 Å². The summed E-state index contributed by atoms with van der Waals surface area (Å²) in [7, 11) is 6.66. The van der Waals surface area contributed by atoms with E-state index >= 15 is 0 Å². The predicted molar refractivity (Wildman–Crippen MR) is 128 cm³/mol. The van der Waals surface area contributed by atoms with Crippen molar-refractivity contribution >= 4 is 11.6 Å². The number of benzene rings is 3. The van der Waals surface area contributed by atoms with Crippen LogP contribution in [0, 0.1) is 0 Å². The lowest BCUT2D eigenvalue weighted by Crippen LogP contribution is -2.24. The molecule has 0 fully saturated rings. The van der Waals surface area contributed by atoms with Crippen molar-refractivity contribution in [3.8, 4) is 28.4 Å². The van der Waals surface area contributed by atoms with E-state index in [1.54, 1.807) is 33.5 Å². The number of amides is 1. The van der Waals surface area contributed by atoms with Gasteiger partial charge in [-0.1, -0.05) is 54.6 Å². The van der Waals surface area contributed by atoms with Crippen LogP contribution in [0.1, 0.15) is 12.0 Å². The van der Waals surface area contributed by atoms with Crippen molar-refractivity contribution < 1.29 is 19.0 Å². The van der Waals surface area contributed by atoms with Gasteiger partial charge in [0.1, 0.15) is 0 Å². The summed E-state index contributed by atoms with van der Waals surface area (Å²) in [5.41, 5.74) is 4.23. The maximum absolute atomic E-state index is 12.6. The lowest BCUT2D eigenvalue weighted by molar-refractivity contribution is -0.116. The fourth-order valence-electron chi connectivity index (χ4n) is 3.60. The molecular formula is C26H30N2O4. The van der Waals surface area contributed by atoms with Crippen LogP contribution < -0.4 is 19.5 Å². The topological polar surface area (TPSA) is 60.0 Å². The van der Waals surface area contributed by atoms with Gasteiger partial charge in [0.2, 0.25) is 11.7 Å². The Morgan fingerprint density at radius 3 is 2.12 bits per heavy atom. The number of hydrogen-bond donors (Lipinski definition) is 1. The van der Waals surface area contributed by atoms with E-state index in [0.717, 1.165) is 6.54 Å². The van der Waals surface area contributed by atoms with E-state index in [2.05, 4.69) is 40.5 Å². The molecule has 1 N–H and O–H groups in total. The summed E-state index contributed by atoms with van der Waals surface area (Å²) in [4.78, 5) is 14.7. The minimum Gasteiger partial charge on any atom is -0.493 e. The Bertz CT molecular complexity index is 1010. The minimum absolute atomic E-state index is 0.0810. The molecule has 0 spiro atoms. The first-order chi connectivity index (χ1) is 15.5. The first-order valence-corrected chi connectivity index (χ1v) is 10.5. The smallest absolute Gasteiger partial charge is 0.225 e. The van der Waals surface area contributed by atoms with Gasteiger partial charge in [-0.15, -0.1) is 0 Å². The molecule has 0 aliphatic rings. The molecule has 6 heteroatoms. The lowest BCUT2D eigenvalue weighted by Gasteiger charge is -2.19. The molecule has 0 saturated heterocycles. The van der Waals surface area contributed by atoms with Crippen LogP contribution in [-0.2, 0) is 11.3 Å². The SMILES string of the molecule is COc1cc(NC(=O)CCN(C)Cc2ccccc2-c2ccccc2)cc(OC)c1OC. The zero-order valence-corrected chi connectivity index (χ0v) is 19.1. The Balaban J connectivity index is 1.61. The summed E-state index contributed by atoms with van der Waals surface area (Å²) in [6.07, 6.45) is 0.362. The lowest BCUT2D eigenvalue weighted by atomic mass is 9.99. The van der Waals surface area contributed by atoms with Gasteiger partial charge in [-0.25, -0.2) is 0 Å². The highest BCUT2D eigenvalue weighted by Gasteiger charge is 2.15. The maximum Gasteiger partial charge on any atom is 0.225 e. The molecule has 0 heterocycles. The quantitative estimate of drug-likeness (QED) is 0.495. The first-order valence-electron chi connectivity index (χ1n) is 10.5. The van der Waals surface area contributed by atoms with Crippen molar-refractivity contribution in [2.75, 3.05) is 40.2 Å². The summed E-state index contributed by atoms with van der Waals surface area (Å²) >= 11 is 0. The highest BCUT2D eigenvalue weighted by molar-refractivity contribution is 5.91. The van der Waals surface area contributed by atoms with Gasteiger partial charge in [-0.3, -0.25) is 4.79 Å². The van der Waals surface area contributed by atoms with E-state index in [4.69, 9.17) is 14.2 Å². The molecule has 3 rings (SSSR count). The Kier molecular flexibility index (Phi) is 8.11. The third kappa shape index (κ3) is 5.80. The molecule has 32 heavy (non-hydrogen) atoms. The number of nitrogens with zero attached hydrogens (tertiary/aromatic N) is 1. The number of anilines is 1. The normalized spacial score (nSPS) is 10.7. The summed E-state index contributed by atoms with van der Waals surface area (Å²) < 4.78 is 16.0. The number of nitrogens with one attached hydrogen (secondary N) is 1. The molecule has 0 atom stereocenters. The van der Waals surface area contributed by atoms with Crippen molar-refractivity contribution in [3.63, 3.8) is 0 Å². The molecule has 0 bridgehead atoms. The largest absolute Gasteiger partial charge is 0.493 e. The van der Waals surface area contributed by atoms with Crippen LogP contribution in [0.5, 0.6) is 17.2 Å². The highest BCUT2D eigenvalue weighted by atomic mass is 16.5. The molecule has 0 saturated carbocycles. The Morgan fingerprint density at radius 2 is 1.50 bits per heavy atom. The summed E-state index contributed by atoms with van der Waals surface area (Å²) in [6.45, 7) is 1.38. The second-order valence-corrected chi connectivity index (χ2v) is 7.47. The second-order valence-electron chi connectivity index (χ2n) is 7.47. The van der Waals surface area contributed by atoms with Gasteiger partial charge < -0.3 is 24.4 Å². The Labute approximate surface area is 189 Å². The van der Waals surface area contributed by atoms with Gasteiger partial charge >= 0.3 is 0 Å². The number of methoxy groups -OCH3 is 3. The van der Waals surface area contributed by atoms with Crippen LogP contribution in [-0.4, -0.2) is 45.7 Å². The number of carbonyl (C=O) groups is 1. The zero-order chi connectivity index (χ0) is 22.9. The van der Waals surface area contributed by atoms with E-state index in [1.165, 1.54) is 16.7 Å². The number of ether oxygens (including phenoxy) is 3. The minimum atomic E-state index is -0.0810. The number of carbonyl (C=O) groups excluding carboxylic acids is 1. The van der Waals surface area contributed by atoms with Crippen LogP contribution >= 0.6 is 0 Å².